The summed E-state index contributed by atoms with van der Waals surface area (Å²) in [6.07, 6.45) is 0.853. The maximum absolute atomic E-state index is 12.8. The molecule has 0 fully saturated rings. The molecule has 0 spiro atoms. The van der Waals surface area contributed by atoms with Gasteiger partial charge in [-0.15, -0.1) is 0 Å². The Balaban J connectivity index is 1.97. The highest BCUT2D eigenvalue weighted by atomic mass is 35.5. The average molecular weight is 353 g/mol. The third-order valence-corrected chi connectivity index (χ3v) is 4.70. The molecule has 4 heteroatoms. The number of para-hydroxylation sites is 1. The molecule has 0 aliphatic heterocycles. The fourth-order valence-corrected chi connectivity index (χ4v) is 3.25. The lowest BCUT2D eigenvalue weighted by Gasteiger charge is -2.14. The number of carbonyl (C=O) groups excluding carboxylic acids is 1. The van der Waals surface area contributed by atoms with Gasteiger partial charge in [0.15, 0.2) is 0 Å². The zero-order valence-electron chi connectivity index (χ0n) is 14.6. The number of benzene rings is 2. The monoisotopic (exact) mass is 352 g/mol. The van der Waals surface area contributed by atoms with E-state index in [1.165, 1.54) is 0 Å². The van der Waals surface area contributed by atoms with E-state index in [1.807, 2.05) is 50.2 Å². The van der Waals surface area contributed by atoms with Crippen molar-refractivity contribution in [2.45, 2.75) is 27.2 Å². The molecule has 0 aliphatic carbocycles. The van der Waals surface area contributed by atoms with E-state index in [0.29, 0.717) is 10.6 Å². The summed E-state index contributed by atoms with van der Waals surface area (Å²) < 4.78 is 2.10. The molecule has 0 saturated carbocycles. The molecule has 1 aromatic heterocycles. The number of aromatic nitrogens is 1. The summed E-state index contributed by atoms with van der Waals surface area (Å²) in [5, 5.41) is 3.43. The minimum Gasteiger partial charge on any atom is -0.322 e. The Hall–Kier alpha value is -2.52. The standard InChI is InChI=1S/C21H21ClN2O/c1-4-16-7-5-6-8-20(16)23-21(25)18-13-17(11-12-19(18)22)24-14(2)9-10-15(24)3/h5-13H,4H2,1-3H3,(H,23,25). The molecule has 2 aromatic carbocycles. The predicted molar refractivity (Wildman–Crippen MR) is 104 cm³/mol. The summed E-state index contributed by atoms with van der Waals surface area (Å²) in [7, 11) is 0. The van der Waals surface area contributed by atoms with Gasteiger partial charge in [0.1, 0.15) is 0 Å². The first-order chi connectivity index (χ1) is 12.0. The molecule has 128 valence electrons. The summed E-state index contributed by atoms with van der Waals surface area (Å²) in [4.78, 5) is 12.8. The van der Waals surface area contributed by atoms with Gasteiger partial charge in [-0.2, -0.15) is 0 Å². The quantitative estimate of drug-likeness (QED) is 0.655. The Bertz CT molecular complexity index is 908. The van der Waals surface area contributed by atoms with E-state index in [-0.39, 0.29) is 5.91 Å². The largest absolute Gasteiger partial charge is 0.322 e. The second kappa shape index (κ2) is 7.16. The van der Waals surface area contributed by atoms with Crippen LogP contribution in [0.1, 0.15) is 34.2 Å². The minimum absolute atomic E-state index is 0.199. The first-order valence-electron chi connectivity index (χ1n) is 8.35. The van der Waals surface area contributed by atoms with Gasteiger partial charge >= 0.3 is 0 Å². The third kappa shape index (κ3) is 3.47. The van der Waals surface area contributed by atoms with Gasteiger partial charge in [-0.05, 0) is 62.2 Å². The molecule has 3 rings (SSSR count). The van der Waals surface area contributed by atoms with Crippen LogP contribution < -0.4 is 5.32 Å². The van der Waals surface area contributed by atoms with Crippen molar-refractivity contribution in [1.29, 1.82) is 0 Å². The number of rotatable bonds is 4. The molecule has 3 nitrogen and oxygen atoms in total. The van der Waals surface area contributed by atoms with Crippen molar-refractivity contribution in [3.63, 3.8) is 0 Å². The number of hydrogen-bond donors (Lipinski definition) is 1. The highest BCUT2D eigenvalue weighted by Gasteiger charge is 2.14. The summed E-state index contributed by atoms with van der Waals surface area (Å²) in [5.41, 5.74) is 5.55. The number of amides is 1. The van der Waals surface area contributed by atoms with E-state index in [2.05, 4.69) is 28.9 Å². The smallest absolute Gasteiger partial charge is 0.257 e. The number of nitrogens with zero attached hydrogens (tertiary/aromatic N) is 1. The topological polar surface area (TPSA) is 34.0 Å². The second-order valence-corrected chi connectivity index (χ2v) is 6.49. The molecule has 0 unspecified atom stereocenters. The van der Waals surface area contributed by atoms with E-state index in [1.54, 1.807) is 6.07 Å². The normalized spacial score (nSPS) is 10.7. The van der Waals surface area contributed by atoms with Gasteiger partial charge in [0.05, 0.1) is 10.6 Å². The van der Waals surface area contributed by atoms with E-state index in [4.69, 9.17) is 11.6 Å². The maximum atomic E-state index is 12.8. The molecule has 0 saturated heterocycles. The Morgan fingerprint density at radius 3 is 2.40 bits per heavy atom. The molecule has 3 aromatic rings. The lowest BCUT2D eigenvalue weighted by atomic mass is 10.1. The van der Waals surface area contributed by atoms with Gasteiger partial charge in [-0.3, -0.25) is 4.79 Å². The molecule has 1 amide bonds. The zero-order chi connectivity index (χ0) is 18.0. The van der Waals surface area contributed by atoms with E-state index < -0.39 is 0 Å². The number of hydrogen-bond acceptors (Lipinski definition) is 1. The fraction of sp³-hybridized carbons (Fsp3) is 0.190. The lowest BCUT2D eigenvalue weighted by molar-refractivity contribution is 0.102. The van der Waals surface area contributed by atoms with E-state index >= 15 is 0 Å². The van der Waals surface area contributed by atoms with Crippen molar-refractivity contribution >= 4 is 23.2 Å². The first-order valence-corrected chi connectivity index (χ1v) is 8.73. The Morgan fingerprint density at radius 2 is 1.72 bits per heavy atom. The number of halogens is 1. The number of anilines is 1. The van der Waals surface area contributed by atoms with Crippen LogP contribution in [-0.2, 0) is 6.42 Å². The number of nitrogens with one attached hydrogen (secondary N) is 1. The van der Waals surface area contributed by atoms with Crippen molar-refractivity contribution in [1.82, 2.24) is 4.57 Å². The van der Waals surface area contributed by atoms with Crippen LogP contribution in [0.25, 0.3) is 5.69 Å². The Labute approximate surface area is 153 Å². The molecular weight excluding hydrogens is 332 g/mol. The molecule has 0 aliphatic rings. The number of aryl methyl sites for hydroxylation is 3. The SMILES string of the molecule is CCc1ccccc1NC(=O)c1cc(-n2c(C)ccc2C)ccc1Cl. The molecule has 25 heavy (non-hydrogen) atoms. The molecule has 1 heterocycles. The van der Waals surface area contributed by atoms with Crippen LogP contribution in [0.15, 0.2) is 54.6 Å². The molecule has 0 radical (unpaired) electrons. The minimum atomic E-state index is -0.199. The van der Waals surface area contributed by atoms with Crippen LogP contribution in [0, 0.1) is 13.8 Å². The first kappa shape index (κ1) is 17.3. The average Bonchev–Trinajstić information content (AvgIpc) is 2.94. The van der Waals surface area contributed by atoms with Gasteiger partial charge in [0.2, 0.25) is 0 Å². The maximum Gasteiger partial charge on any atom is 0.257 e. The molecule has 0 atom stereocenters. The summed E-state index contributed by atoms with van der Waals surface area (Å²) in [6.45, 7) is 6.15. The number of carbonyl (C=O) groups is 1. The van der Waals surface area contributed by atoms with Gasteiger partial charge in [-0.1, -0.05) is 36.7 Å². The molecular formula is C21H21ClN2O. The molecule has 0 bridgehead atoms. The second-order valence-electron chi connectivity index (χ2n) is 6.08. The van der Waals surface area contributed by atoms with Crippen LogP contribution in [0.4, 0.5) is 5.69 Å². The highest BCUT2D eigenvalue weighted by molar-refractivity contribution is 6.34. The van der Waals surface area contributed by atoms with Gasteiger partial charge < -0.3 is 9.88 Å². The van der Waals surface area contributed by atoms with Gasteiger partial charge in [0.25, 0.3) is 5.91 Å². The fourth-order valence-electron chi connectivity index (χ4n) is 3.04. The van der Waals surface area contributed by atoms with Crippen molar-refractivity contribution in [2.75, 3.05) is 5.32 Å². The Kier molecular flexibility index (Phi) is 4.95. The van der Waals surface area contributed by atoms with Crippen LogP contribution >= 0.6 is 11.6 Å². The van der Waals surface area contributed by atoms with Crippen molar-refractivity contribution in [3.05, 3.63) is 82.1 Å². The summed E-state index contributed by atoms with van der Waals surface area (Å²) in [5.74, 6) is -0.199. The van der Waals surface area contributed by atoms with Crippen molar-refractivity contribution in [2.24, 2.45) is 0 Å². The van der Waals surface area contributed by atoms with Crippen LogP contribution in [0.2, 0.25) is 5.02 Å². The van der Waals surface area contributed by atoms with Crippen LogP contribution in [0.5, 0.6) is 0 Å². The highest BCUT2D eigenvalue weighted by Crippen LogP contribution is 2.25. The lowest BCUT2D eigenvalue weighted by Crippen LogP contribution is -2.14. The van der Waals surface area contributed by atoms with Crippen molar-refractivity contribution in [3.8, 4) is 5.69 Å². The van der Waals surface area contributed by atoms with Crippen LogP contribution in [0.3, 0.4) is 0 Å². The third-order valence-electron chi connectivity index (χ3n) is 4.37. The summed E-state index contributed by atoms with van der Waals surface area (Å²) >= 11 is 6.30. The van der Waals surface area contributed by atoms with Gasteiger partial charge in [0, 0.05) is 22.8 Å². The predicted octanol–water partition coefficient (Wildman–Crippen LogP) is 5.56. The van der Waals surface area contributed by atoms with Crippen molar-refractivity contribution < 1.29 is 4.79 Å². The van der Waals surface area contributed by atoms with Gasteiger partial charge in [-0.25, -0.2) is 0 Å². The zero-order valence-corrected chi connectivity index (χ0v) is 15.4. The van der Waals surface area contributed by atoms with Crippen LogP contribution in [-0.4, -0.2) is 10.5 Å². The Morgan fingerprint density at radius 1 is 1.04 bits per heavy atom. The van der Waals surface area contributed by atoms with E-state index in [9.17, 15) is 4.79 Å². The molecule has 1 N–H and O–H groups in total. The summed E-state index contributed by atoms with van der Waals surface area (Å²) in [6, 6.07) is 17.5. The van der Waals surface area contributed by atoms with E-state index in [0.717, 1.165) is 34.7 Å².